The zero-order valence-electron chi connectivity index (χ0n) is 13.7. The van der Waals surface area contributed by atoms with Crippen molar-refractivity contribution in [2.24, 2.45) is 0 Å². The molecule has 1 unspecified atom stereocenters. The molecule has 0 heterocycles. The van der Waals surface area contributed by atoms with Gasteiger partial charge in [0.2, 0.25) is 0 Å². The number of carboxylic acids is 2. The van der Waals surface area contributed by atoms with Crippen LogP contribution in [0.25, 0.3) is 0 Å². The standard InChI is InChI=1S/C18H27NO4/c1-2-3-4-8-11-15(17(20)21)19-16(18(22)23)13-12-14-9-6-5-7-10-14/h5-7,9-10,15-16,19H,2-4,8,11-13H2,1H3,(H,20,21)(H,22,23)/t15?,16-/m1/s1. The van der Waals surface area contributed by atoms with Crippen LogP contribution in [-0.4, -0.2) is 34.2 Å². The molecule has 0 radical (unpaired) electrons. The Morgan fingerprint density at radius 1 is 0.957 bits per heavy atom. The van der Waals surface area contributed by atoms with E-state index in [4.69, 9.17) is 0 Å². The summed E-state index contributed by atoms with van der Waals surface area (Å²) in [7, 11) is 0. The number of nitrogens with one attached hydrogen (secondary N) is 1. The maximum Gasteiger partial charge on any atom is 0.320 e. The fourth-order valence-electron chi connectivity index (χ4n) is 2.53. The highest BCUT2D eigenvalue weighted by molar-refractivity contribution is 5.77. The minimum Gasteiger partial charge on any atom is -0.480 e. The fourth-order valence-corrected chi connectivity index (χ4v) is 2.53. The largest absolute Gasteiger partial charge is 0.480 e. The summed E-state index contributed by atoms with van der Waals surface area (Å²) in [5.74, 6) is -1.98. The normalized spacial score (nSPS) is 13.4. The SMILES string of the molecule is CCCCCCC(N[C@H](CCc1ccccc1)C(=O)O)C(=O)O. The van der Waals surface area contributed by atoms with Gasteiger partial charge in [-0.15, -0.1) is 0 Å². The molecule has 0 bridgehead atoms. The number of aryl methyl sites for hydroxylation is 1. The summed E-state index contributed by atoms with van der Waals surface area (Å²) in [6.07, 6.45) is 5.37. The highest BCUT2D eigenvalue weighted by Gasteiger charge is 2.25. The van der Waals surface area contributed by atoms with Gasteiger partial charge in [-0.25, -0.2) is 0 Å². The number of benzene rings is 1. The van der Waals surface area contributed by atoms with Gasteiger partial charge in [0.05, 0.1) is 0 Å². The zero-order valence-corrected chi connectivity index (χ0v) is 13.7. The van der Waals surface area contributed by atoms with E-state index >= 15 is 0 Å². The zero-order chi connectivity index (χ0) is 17.1. The lowest BCUT2D eigenvalue weighted by Crippen LogP contribution is -2.47. The van der Waals surface area contributed by atoms with E-state index in [-0.39, 0.29) is 0 Å². The van der Waals surface area contributed by atoms with Crippen molar-refractivity contribution < 1.29 is 19.8 Å². The molecule has 0 spiro atoms. The van der Waals surface area contributed by atoms with Gasteiger partial charge in [-0.05, 0) is 24.8 Å². The number of hydrogen-bond acceptors (Lipinski definition) is 3. The Hall–Kier alpha value is -1.88. The molecule has 3 N–H and O–H groups in total. The first kappa shape index (κ1) is 19.2. The molecule has 0 saturated heterocycles. The van der Waals surface area contributed by atoms with Crippen LogP contribution in [0.15, 0.2) is 30.3 Å². The average Bonchev–Trinajstić information content (AvgIpc) is 2.53. The van der Waals surface area contributed by atoms with Crippen molar-refractivity contribution in [3.05, 3.63) is 35.9 Å². The molecular formula is C18H27NO4. The molecule has 2 atom stereocenters. The molecule has 0 amide bonds. The molecule has 1 aromatic rings. The molecule has 5 nitrogen and oxygen atoms in total. The van der Waals surface area contributed by atoms with Crippen LogP contribution in [0.2, 0.25) is 0 Å². The molecular weight excluding hydrogens is 294 g/mol. The Kier molecular flexibility index (Phi) is 8.98. The van der Waals surface area contributed by atoms with E-state index in [9.17, 15) is 19.8 Å². The van der Waals surface area contributed by atoms with Gasteiger partial charge in [-0.1, -0.05) is 62.9 Å². The average molecular weight is 321 g/mol. The Morgan fingerprint density at radius 3 is 2.13 bits per heavy atom. The summed E-state index contributed by atoms with van der Waals surface area (Å²) in [5.41, 5.74) is 1.05. The van der Waals surface area contributed by atoms with E-state index in [1.807, 2.05) is 30.3 Å². The van der Waals surface area contributed by atoms with Crippen LogP contribution >= 0.6 is 0 Å². The number of hydrogen-bond donors (Lipinski definition) is 3. The maximum absolute atomic E-state index is 11.4. The lowest BCUT2D eigenvalue weighted by molar-refractivity contribution is -0.142. The minimum atomic E-state index is -0.999. The predicted octanol–water partition coefficient (Wildman–Crippen LogP) is 3.09. The summed E-state index contributed by atoms with van der Waals surface area (Å²) in [6.45, 7) is 2.09. The van der Waals surface area contributed by atoms with E-state index in [0.717, 1.165) is 31.2 Å². The number of carboxylic acid groups (broad SMARTS) is 2. The quantitative estimate of drug-likeness (QED) is 0.515. The number of carbonyl (C=O) groups is 2. The van der Waals surface area contributed by atoms with Crippen molar-refractivity contribution in [1.82, 2.24) is 5.32 Å². The first-order valence-corrected chi connectivity index (χ1v) is 8.30. The second-order valence-electron chi connectivity index (χ2n) is 5.82. The highest BCUT2D eigenvalue weighted by atomic mass is 16.4. The second-order valence-corrected chi connectivity index (χ2v) is 5.82. The lowest BCUT2D eigenvalue weighted by Gasteiger charge is -2.20. The van der Waals surface area contributed by atoms with Crippen molar-refractivity contribution in [2.45, 2.75) is 64.0 Å². The van der Waals surface area contributed by atoms with Crippen molar-refractivity contribution in [2.75, 3.05) is 0 Å². The number of unbranched alkanes of at least 4 members (excludes halogenated alkanes) is 3. The van der Waals surface area contributed by atoms with Crippen LogP contribution in [0, 0.1) is 0 Å². The molecule has 5 heteroatoms. The van der Waals surface area contributed by atoms with Gasteiger partial charge in [0.25, 0.3) is 0 Å². The third-order valence-corrected chi connectivity index (χ3v) is 3.91. The van der Waals surface area contributed by atoms with Gasteiger partial charge in [0.15, 0.2) is 0 Å². The van der Waals surface area contributed by atoms with E-state index in [1.54, 1.807) is 0 Å². The molecule has 0 aliphatic carbocycles. The molecule has 1 rings (SSSR count). The molecule has 23 heavy (non-hydrogen) atoms. The first-order chi connectivity index (χ1) is 11.0. The third-order valence-electron chi connectivity index (χ3n) is 3.91. The maximum atomic E-state index is 11.4. The molecule has 0 saturated carbocycles. The first-order valence-electron chi connectivity index (χ1n) is 8.30. The Balaban J connectivity index is 2.53. The minimum absolute atomic E-state index is 0.373. The van der Waals surface area contributed by atoms with E-state index < -0.39 is 24.0 Å². The van der Waals surface area contributed by atoms with E-state index in [1.165, 1.54) is 0 Å². The second kappa shape index (κ2) is 10.8. The van der Waals surface area contributed by atoms with Gasteiger partial charge in [-0.2, -0.15) is 0 Å². The molecule has 0 aromatic heterocycles. The number of aliphatic carboxylic acids is 2. The van der Waals surface area contributed by atoms with Crippen molar-refractivity contribution >= 4 is 11.9 Å². The van der Waals surface area contributed by atoms with Crippen LogP contribution in [0.5, 0.6) is 0 Å². The van der Waals surface area contributed by atoms with Crippen LogP contribution in [0.4, 0.5) is 0 Å². The summed E-state index contributed by atoms with van der Waals surface area (Å²) < 4.78 is 0. The van der Waals surface area contributed by atoms with Gasteiger partial charge in [0.1, 0.15) is 12.1 Å². The molecule has 1 aromatic carbocycles. The summed E-state index contributed by atoms with van der Waals surface area (Å²) in [6, 6.07) is 7.97. The number of rotatable bonds is 12. The van der Waals surface area contributed by atoms with Crippen molar-refractivity contribution in [3.63, 3.8) is 0 Å². The van der Waals surface area contributed by atoms with Gasteiger partial charge in [0, 0.05) is 0 Å². The topological polar surface area (TPSA) is 86.6 Å². The smallest absolute Gasteiger partial charge is 0.320 e. The van der Waals surface area contributed by atoms with Crippen molar-refractivity contribution in [3.8, 4) is 0 Å². The predicted molar refractivity (Wildman–Crippen MR) is 89.5 cm³/mol. The highest BCUT2D eigenvalue weighted by Crippen LogP contribution is 2.10. The monoisotopic (exact) mass is 321 g/mol. The van der Waals surface area contributed by atoms with Gasteiger partial charge < -0.3 is 10.2 Å². The molecule has 0 aliphatic rings. The summed E-state index contributed by atoms with van der Waals surface area (Å²) >= 11 is 0. The van der Waals surface area contributed by atoms with Crippen LogP contribution in [0.1, 0.15) is 51.0 Å². The van der Waals surface area contributed by atoms with Crippen LogP contribution in [-0.2, 0) is 16.0 Å². The van der Waals surface area contributed by atoms with E-state index in [2.05, 4.69) is 12.2 Å². The van der Waals surface area contributed by atoms with Crippen LogP contribution < -0.4 is 5.32 Å². The summed E-state index contributed by atoms with van der Waals surface area (Å²) in [5, 5.41) is 21.4. The Labute approximate surface area is 137 Å². The Bertz CT molecular complexity index is 475. The van der Waals surface area contributed by atoms with Crippen molar-refractivity contribution in [1.29, 1.82) is 0 Å². The molecule has 0 fully saturated rings. The molecule has 0 aliphatic heterocycles. The van der Waals surface area contributed by atoms with E-state index in [0.29, 0.717) is 19.3 Å². The third kappa shape index (κ3) is 7.79. The van der Waals surface area contributed by atoms with Gasteiger partial charge in [-0.3, -0.25) is 14.9 Å². The Morgan fingerprint density at radius 2 is 1.57 bits per heavy atom. The van der Waals surface area contributed by atoms with Gasteiger partial charge >= 0.3 is 11.9 Å². The van der Waals surface area contributed by atoms with Crippen LogP contribution in [0.3, 0.4) is 0 Å². The molecule has 128 valence electrons. The lowest BCUT2D eigenvalue weighted by atomic mass is 10.0. The fraction of sp³-hybridized carbons (Fsp3) is 0.556. The summed E-state index contributed by atoms with van der Waals surface area (Å²) in [4.78, 5) is 22.7.